The van der Waals surface area contributed by atoms with Crippen LogP contribution in [0.3, 0.4) is 0 Å². The monoisotopic (exact) mass is 337 g/mol. The highest BCUT2D eigenvalue weighted by molar-refractivity contribution is 5.45. The Morgan fingerprint density at radius 3 is 2.64 bits per heavy atom. The summed E-state index contributed by atoms with van der Waals surface area (Å²) in [5.74, 6) is 0.802. The molecule has 2 aromatic heterocycles. The summed E-state index contributed by atoms with van der Waals surface area (Å²) < 4.78 is 6.75. The smallest absolute Gasteiger partial charge is 0.278 e. The van der Waals surface area contributed by atoms with E-state index in [1.165, 1.54) is 10.7 Å². The van der Waals surface area contributed by atoms with E-state index in [0.29, 0.717) is 18.1 Å². The Balaban J connectivity index is 1.64. The molecule has 0 radical (unpaired) electrons. The fraction of sp³-hybridized carbons (Fsp3) is 0.333. The van der Waals surface area contributed by atoms with Crippen molar-refractivity contribution in [2.24, 2.45) is 5.73 Å². The number of aromatic nitrogens is 4. The van der Waals surface area contributed by atoms with Crippen molar-refractivity contribution >= 4 is 0 Å². The second-order valence-corrected chi connectivity index (χ2v) is 6.49. The van der Waals surface area contributed by atoms with Gasteiger partial charge < -0.3 is 10.3 Å². The summed E-state index contributed by atoms with van der Waals surface area (Å²) in [5, 5.41) is 8.41. The third-order valence-electron chi connectivity index (χ3n) is 4.63. The highest BCUT2D eigenvalue weighted by Gasteiger charge is 2.36. The molecule has 0 aliphatic heterocycles. The van der Waals surface area contributed by atoms with Crippen LogP contribution in [0, 0.1) is 0 Å². The third-order valence-corrected chi connectivity index (χ3v) is 4.63. The minimum atomic E-state index is -0.514. The first kappa shape index (κ1) is 15.7. The lowest BCUT2D eigenvalue weighted by Gasteiger charge is -2.17. The Kier molecular flexibility index (Phi) is 3.93. The minimum Gasteiger partial charge on any atom is -0.332 e. The number of nitrogens with two attached hydrogens (primary N) is 1. The average Bonchev–Trinajstić information content (AvgIpc) is 3.28. The minimum absolute atomic E-state index is 0.182. The van der Waals surface area contributed by atoms with Crippen LogP contribution in [0.1, 0.15) is 37.1 Å². The molecular weight excluding hydrogens is 318 g/mol. The van der Waals surface area contributed by atoms with Crippen molar-refractivity contribution in [3.8, 4) is 11.6 Å². The highest BCUT2D eigenvalue weighted by atomic mass is 16.5. The van der Waals surface area contributed by atoms with Gasteiger partial charge in [-0.3, -0.25) is 4.79 Å². The number of benzene rings is 1. The molecule has 0 saturated heterocycles. The van der Waals surface area contributed by atoms with Gasteiger partial charge in [-0.15, -0.1) is 0 Å². The number of rotatable bonds is 4. The predicted molar refractivity (Wildman–Crippen MR) is 91.7 cm³/mol. The molecule has 3 aromatic rings. The Bertz CT molecular complexity index is 926. The van der Waals surface area contributed by atoms with E-state index in [4.69, 9.17) is 10.3 Å². The topological polar surface area (TPSA) is 99.8 Å². The fourth-order valence-electron chi connectivity index (χ4n) is 3.19. The molecule has 128 valence electrons. The number of hydrogen-bond acceptors (Lipinski definition) is 6. The Labute approximate surface area is 144 Å². The van der Waals surface area contributed by atoms with Crippen LogP contribution in [0.15, 0.2) is 51.8 Å². The molecule has 1 saturated carbocycles. The maximum absolute atomic E-state index is 12.1. The molecule has 1 aliphatic rings. The molecule has 0 atom stereocenters. The van der Waals surface area contributed by atoms with E-state index in [1.54, 1.807) is 6.07 Å². The lowest BCUT2D eigenvalue weighted by atomic mass is 9.99. The van der Waals surface area contributed by atoms with Crippen molar-refractivity contribution in [3.63, 3.8) is 0 Å². The normalized spacial score (nSPS) is 16.2. The van der Waals surface area contributed by atoms with Crippen LogP contribution in [0.25, 0.3) is 11.6 Å². The lowest BCUT2D eigenvalue weighted by Crippen LogP contribution is -2.34. The van der Waals surface area contributed by atoms with Gasteiger partial charge in [-0.05, 0) is 24.5 Å². The van der Waals surface area contributed by atoms with E-state index >= 15 is 0 Å². The highest BCUT2D eigenvalue weighted by Crippen LogP contribution is 2.35. The molecule has 4 rings (SSSR count). The quantitative estimate of drug-likeness (QED) is 0.782. The first-order valence-corrected chi connectivity index (χ1v) is 8.40. The summed E-state index contributed by atoms with van der Waals surface area (Å²) in [6.07, 6.45) is 3.85. The standard InChI is InChI=1S/C18H19N5O2/c19-18(10-4-5-11-18)17-20-16(25-22-17)14-8-9-15(24)23(21-14)12-13-6-2-1-3-7-13/h1-3,6-9H,4-5,10-12,19H2. The largest absolute Gasteiger partial charge is 0.332 e. The Morgan fingerprint density at radius 1 is 1.12 bits per heavy atom. The van der Waals surface area contributed by atoms with Gasteiger partial charge in [0.15, 0.2) is 5.82 Å². The van der Waals surface area contributed by atoms with Crippen LogP contribution in [-0.4, -0.2) is 19.9 Å². The first-order chi connectivity index (χ1) is 12.1. The fourth-order valence-corrected chi connectivity index (χ4v) is 3.19. The van der Waals surface area contributed by atoms with E-state index in [1.807, 2.05) is 30.3 Å². The summed E-state index contributed by atoms with van der Waals surface area (Å²) in [6, 6.07) is 12.7. The van der Waals surface area contributed by atoms with E-state index < -0.39 is 5.54 Å². The van der Waals surface area contributed by atoms with Crippen molar-refractivity contribution in [1.29, 1.82) is 0 Å². The second-order valence-electron chi connectivity index (χ2n) is 6.49. The maximum Gasteiger partial charge on any atom is 0.278 e. The zero-order chi connectivity index (χ0) is 17.3. The third kappa shape index (κ3) is 3.10. The summed E-state index contributed by atoms with van der Waals surface area (Å²) in [4.78, 5) is 16.5. The number of nitrogens with zero attached hydrogens (tertiary/aromatic N) is 4. The Hall–Kier alpha value is -2.80. The van der Waals surface area contributed by atoms with Crippen LogP contribution in [-0.2, 0) is 12.1 Å². The van der Waals surface area contributed by atoms with Crippen molar-refractivity contribution in [3.05, 3.63) is 64.2 Å². The molecule has 2 heterocycles. The van der Waals surface area contributed by atoms with Gasteiger partial charge in [-0.25, -0.2) is 4.68 Å². The van der Waals surface area contributed by atoms with Crippen LogP contribution < -0.4 is 11.3 Å². The summed E-state index contributed by atoms with van der Waals surface area (Å²) in [5.41, 5.74) is 7.13. The van der Waals surface area contributed by atoms with Crippen molar-refractivity contribution in [1.82, 2.24) is 19.9 Å². The molecule has 2 N–H and O–H groups in total. The molecule has 0 unspecified atom stereocenters. The molecule has 1 aliphatic carbocycles. The maximum atomic E-state index is 12.1. The SMILES string of the molecule is NC1(c2noc(-c3ccc(=O)n(Cc4ccccc4)n3)n2)CCCC1. The molecule has 0 amide bonds. The second kappa shape index (κ2) is 6.25. The molecular formula is C18H19N5O2. The molecule has 25 heavy (non-hydrogen) atoms. The van der Waals surface area contributed by atoms with E-state index in [9.17, 15) is 4.79 Å². The zero-order valence-corrected chi connectivity index (χ0v) is 13.8. The molecule has 7 heteroatoms. The Morgan fingerprint density at radius 2 is 1.88 bits per heavy atom. The van der Waals surface area contributed by atoms with Crippen LogP contribution in [0.5, 0.6) is 0 Å². The van der Waals surface area contributed by atoms with E-state index in [-0.39, 0.29) is 11.4 Å². The van der Waals surface area contributed by atoms with Gasteiger partial charge in [0.25, 0.3) is 11.4 Å². The molecule has 7 nitrogen and oxygen atoms in total. The van der Waals surface area contributed by atoms with Gasteiger partial charge in [-0.1, -0.05) is 48.3 Å². The van der Waals surface area contributed by atoms with Gasteiger partial charge in [0.05, 0.1) is 12.1 Å². The number of hydrogen-bond donors (Lipinski definition) is 1. The van der Waals surface area contributed by atoms with Crippen molar-refractivity contribution < 1.29 is 4.52 Å². The predicted octanol–water partition coefficient (Wildman–Crippen LogP) is 2.07. The van der Waals surface area contributed by atoms with Gasteiger partial charge in [0.1, 0.15) is 5.69 Å². The molecule has 1 aromatic carbocycles. The summed E-state index contributed by atoms with van der Waals surface area (Å²) >= 11 is 0. The van der Waals surface area contributed by atoms with Gasteiger partial charge in [0.2, 0.25) is 0 Å². The molecule has 1 fully saturated rings. The van der Waals surface area contributed by atoms with E-state index in [0.717, 1.165) is 31.2 Å². The van der Waals surface area contributed by atoms with Crippen LogP contribution in [0.2, 0.25) is 0 Å². The van der Waals surface area contributed by atoms with Crippen molar-refractivity contribution in [2.75, 3.05) is 0 Å². The zero-order valence-electron chi connectivity index (χ0n) is 13.8. The molecule has 0 spiro atoms. The van der Waals surface area contributed by atoms with E-state index in [2.05, 4.69) is 15.2 Å². The summed E-state index contributed by atoms with van der Waals surface area (Å²) in [6.45, 7) is 0.384. The van der Waals surface area contributed by atoms with Gasteiger partial charge in [-0.2, -0.15) is 10.1 Å². The molecule has 0 bridgehead atoms. The average molecular weight is 337 g/mol. The van der Waals surface area contributed by atoms with Crippen LogP contribution >= 0.6 is 0 Å². The lowest BCUT2D eigenvalue weighted by molar-refractivity contribution is 0.372. The van der Waals surface area contributed by atoms with Crippen LogP contribution in [0.4, 0.5) is 0 Å². The van der Waals surface area contributed by atoms with Crippen molar-refractivity contribution in [2.45, 2.75) is 37.8 Å². The van der Waals surface area contributed by atoms with Gasteiger partial charge in [0, 0.05) is 6.07 Å². The first-order valence-electron chi connectivity index (χ1n) is 8.40. The van der Waals surface area contributed by atoms with Gasteiger partial charge >= 0.3 is 0 Å². The summed E-state index contributed by atoms with van der Waals surface area (Å²) in [7, 11) is 0.